The fraction of sp³-hybridized carbons (Fsp3) is 1.00. The van der Waals surface area contributed by atoms with E-state index in [9.17, 15) is 12.3 Å². The normalized spacial score (nSPS) is 37.0. The first-order chi connectivity index (χ1) is 7.54. The van der Waals surface area contributed by atoms with E-state index in [4.69, 9.17) is 0 Å². The summed E-state index contributed by atoms with van der Waals surface area (Å²) in [6.45, 7) is 3.77. The van der Waals surface area contributed by atoms with Gasteiger partial charge in [-0.1, -0.05) is 13.3 Å². The van der Waals surface area contributed by atoms with Crippen LogP contribution >= 0.6 is 0 Å². The number of nitrogens with zero attached hydrogens (tertiary/aromatic N) is 1. The number of hydrogen-bond donors (Lipinski definition) is 0. The minimum absolute atomic E-state index is 0.0671. The molecule has 1 saturated carbocycles. The van der Waals surface area contributed by atoms with Crippen molar-refractivity contribution in [1.29, 1.82) is 0 Å². The standard InChI is InChI=1S/C11H20FNO2S/c1-2-13-8-4-6-9-5-3-7-10(11(9)13)16(12,14)15/h9-11H,2-8H2,1H3. The van der Waals surface area contributed by atoms with Gasteiger partial charge < -0.3 is 0 Å². The molecule has 0 aromatic carbocycles. The van der Waals surface area contributed by atoms with Crippen LogP contribution in [0.5, 0.6) is 0 Å². The summed E-state index contributed by atoms with van der Waals surface area (Å²) in [5.74, 6) is 0.387. The van der Waals surface area contributed by atoms with Gasteiger partial charge >= 0.3 is 10.2 Å². The quantitative estimate of drug-likeness (QED) is 0.702. The maximum absolute atomic E-state index is 13.3. The third-order valence-corrected chi connectivity index (χ3v) is 5.37. The molecule has 2 aliphatic rings. The number of piperidine rings is 1. The lowest BCUT2D eigenvalue weighted by molar-refractivity contribution is 0.0673. The molecule has 0 aromatic heterocycles. The van der Waals surface area contributed by atoms with Crippen molar-refractivity contribution in [3.8, 4) is 0 Å². The lowest BCUT2D eigenvalue weighted by atomic mass is 9.78. The van der Waals surface area contributed by atoms with Crippen molar-refractivity contribution in [2.24, 2.45) is 5.92 Å². The highest BCUT2D eigenvalue weighted by Crippen LogP contribution is 2.38. The molecule has 94 valence electrons. The second-order valence-electron chi connectivity index (χ2n) is 4.97. The van der Waals surface area contributed by atoms with Gasteiger partial charge in [0.1, 0.15) is 5.25 Å². The van der Waals surface area contributed by atoms with Crippen LogP contribution in [-0.4, -0.2) is 37.7 Å². The zero-order valence-electron chi connectivity index (χ0n) is 9.73. The summed E-state index contributed by atoms with van der Waals surface area (Å²) < 4.78 is 35.7. The van der Waals surface area contributed by atoms with E-state index in [2.05, 4.69) is 4.90 Å². The molecule has 1 aliphatic carbocycles. The Hall–Kier alpha value is -0.160. The first-order valence-electron chi connectivity index (χ1n) is 6.21. The minimum Gasteiger partial charge on any atom is -0.299 e. The summed E-state index contributed by atoms with van der Waals surface area (Å²) in [4.78, 5) is 2.16. The van der Waals surface area contributed by atoms with E-state index in [1.165, 1.54) is 0 Å². The van der Waals surface area contributed by atoms with E-state index < -0.39 is 15.5 Å². The SMILES string of the molecule is CCN1CCCC2CCCC(S(=O)(=O)F)C21. The smallest absolute Gasteiger partial charge is 0.299 e. The van der Waals surface area contributed by atoms with E-state index in [0.717, 1.165) is 38.8 Å². The van der Waals surface area contributed by atoms with Crippen LogP contribution in [0.15, 0.2) is 0 Å². The van der Waals surface area contributed by atoms with Crippen LogP contribution in [-0.2, 0) is 10.2 Å². The molecule has 0 radical (unpaired) electrons. The van der Waals surface area contributed by atoms with Crippen LogP contribution in [0.25, 0.3) is 0 Å². The van der Waals surface area contributed by atoms with Crippen LogP contribution < -0.4 is 0 Å². The Morgan fingerprint density at radius 3 is 2.56 bits per heavy atom. The molecule has 3 nitrogen and oxygen atoms in total. The fourth-order valence-electron chi connectivity index (χ4n) is 3.46. The highest BCUT2D eigenvalue weighted by Gasteiger charge is 2.44. The predicted molar refractivity (Wildman–Crippen MR) is 61.4 cm³/mol. The summed E-state index contributed by atoms with van der Waals surface area (Å²) in [5.41, 5.74) is 0. The minimum atomic E-state index is -4.38. The van der Waals surface area contributed by atoms with Crippen LogP contribution in [0.1, 0.15) is 39.0 Å². The lowest BCUT2D eigenvalue weighted by Crippen LogP contribution is -2.55. The molecule has 1 heterocycles. The maximum Gasteiger partial charge on any atom is 0.306 e. The van der Waals surface area contributed by atoms with Crippen molar-refractivity contribution in [2.45, 2.75) is 50.3 Å². The third-order valence-electron chi connectivity index (χ3n) is 4.14. The molecule has 0 aromatic rings. The van der Waals surface area contributed by atoms with Gasteiger partial charge in [-0.25, -0.2) is 0 Å². The van der Waals surface area contributed by atoms with Crippen LogP contribution in [0.4, 0.5) is 3.89 Å². The highest BCUT2D eigenvalue weighted by atomic mass is 32.3. The Kier molecular flexibility index (Phi) is 3.54. The first kappa shape index (κ1) is 12.3. The summed E-state index contributed by atoms with van der Waals surface area (Å²) in [6, 6.07) is -0.0671. The average molecular weight is 249 g/mol. The second kappa shape index (κ2) is 4.61. The zero-order chi connectivity index (χ0) is 11.8. The largest absolute Gasteiger partial charge is 0.306 e. The summed E-state index contributed by atoms with van der Waals surface area (Å²) >= 11 is 0. The molecule has 0 N–H and O–H groups in total. The third kappa shape index (κ3) is 2.25. The van der Waals surface area contributed by atoms with E-state index in [1.54, 1.807) is 0 Å². The second-order valence-corrected chi connectivity index (χ2v) is 6.52. The van der Waals surface area contributed by atoms with Crippen molar-refractivity contribution in [3.05, 3.63) is 0 Å². The monoisotopic (exact) mass is 249 g/mol. The van der Waals surface area contributed by atoms with Crippen molar-refractivity contribution >= 4 is 10.2 Å². The summed E-state index contributed by atoms with van der Waals surface area (Å²) in [6.07, 6.45) is 4.59. The van der Waals surface area contributed by atoms with E-state index in [1.807, 2.05) is 6.92 Å². The number of likely N-dealkylation sites (tertiary alicyclic amines) is 1. The number of hydrogen-bond acceptors (Lipinski definition) is 3. The van der Waals surface area contributed by atoms with Crippen molar-refractivity contribution in [2.75, 3.05) is 13.1 Å². The van der Waals surface area contributed by atoms with Gasteiger partial charge in [0.25, 0.3) is 0 Å². The summed E-state index contributed by atoms with van der Waals surface area (Å²) in [7, 11) is -4.38. The lowest BCUT2D eigenvalue weighted by Gasteiger charge is -2.46. The Bertz CT molecular complexity index is 335. The van der Waals surface area contributed by atoms with Gasteiger partial charge in [0.2, 0.25) is 0 Å². The van der Waals surface area contributed by atoms with Crippen LogP contribution in [0.2, 0.25) is 0 Å². The Morgan fingerprint density at radius 2 is 1.94 bits per heavy atom. The predicted octanol–water partition coefficient (Wildman–Crippen LogP) is 1.94. The van der Waals surface area contributed by atoms with Gasteiger partial charge in [-0.05, 0) is 44.7 Å². The van der Waals surface area contributed by atoms with Gasteiger partial charge in [-0.2, -0.15) is 8.42 Å². The summed E-state index contributed by atoms with van der Waals surface area (Å²) in [5, 5.41) is -0.772. The molecule has 0 spiro atoms. The van der Waals surface area contributed by atoms with Crippen molar-refractivity contribution in [1.82, 2.24) is 4.90 Å². The van der Waals surface area contributed by atoms with Gasteiger partial charge in [0.05, 0.1) is 0 Å². The average Bonchev–Trinajstić information content (AvgIpc) is 2.26. The Morgan fingerprint density at radius 1 is 1.25 bits per heavy atom. The highest BCUT2D eigenvalue weighted by molar-refractivity contribution is 7.87. The molecule has 3 unspecified atom stereocenters. The van der Waals surface area contributed by atoms with Gasteiger partial charge in [0.15, 0.2) is 0 Å². The fourth-order valence-corrected chi connectivity index (χ4v) is 4.63. The molecular formula is C11H20FNO2S. The number of fused-ring (bicyclic) bond motifs is 1. The van der Waals surface area contributed by atoms with Gasteiger partial charge in [-0.3, -0.25) is 4.90 Å². The zero-order valence-corrected chi connectivity index (χ0v) is 10.5. The van der Waals surface area contributed by atoms with Crippen molar-refractivity contribution in [3.63, 3.8) is 0 Å². The molecule has 0 amide bonds. The molecule has 16 heavy (non-hydrogen) atoms. The first-order valence-corrected chi connectivity index (χ1v) is 7.66. The van der Waals surface area contributed by atoms with E-state index in [-0.39, 0.29) is 6.04 Å². The molecule has 2 rings (SSSR count). The molecule has 1 saturated heterocycles. The number of halogens is 1. The van der Waals surface area contributed by atoms with E-state index in [0.29, 0.717) is 12.3 Å². The van der Waals surface area contributed by atoms with E-state index >= 15 is 0 Å². The van der Waals surface area contributed by atoms with Crippen molar-refractivity contribution < 1.29 is 12.3 Å². The van der Waals surface area contributed by atoms with Gasteiger partial charge in [-0.15, -0.1) is 3.89 Å². The maximum atomic E-state index is 13.3. The number of rotatable bonds is 2. The molecule has 5 heteroatoms. The molecule has 2 fully saturated rings. The Labute approximate surface area is 97.2 Å². The van der Waals surface area contributed by atoms with Crippen LogP contribution in [0, 0.1) is 5.92 Å². The van der Waals surface area contributed by atoms with Gasteiger partial charge in [0, 0.05) is 6.04 Å². The topological polar surface area (TPSA) is 37.4 Å². The molecular weight excluding hydrogens is 229 g/mol. The molecule has 0 bridgehead atoms. The molecule has 1 aliphatic heterocycles. The molecule has 3 atom stereocenters. The Balaban J connectivity index is 2.25. The van der Waals surface area contributed by atoms with Crippen LogP contribution in [0.3, 0.4) is 0 Å².